The summed E-state index contributed by atoms with van der Waals surface area (Å²) in [5.41, 5.74) is 0.674. The molecule has 1 aromatic rings. The smallest absolute Gasteiger partial charge is 0.223 e. The van der Waals surface area contributed by atoms with Gasteiger partial charge in [-0.15, -0.1) is 0 Å². The van der Waals surface area contributed by atoms with Gasteiger partial charge in [-0.1, -0.05) is 34.8 Å². The average molecular weight is 296 g/mol. The first-order chi connectivity index (χ1) is 7.91. The summed E-state index contributed by atoms with van der Waals surface area (Å²) < 4.78 is 0. The summed E-state index contributed by atoms with van der Waals surface area (Å²) in [6, 6.07) is 3.22. The van der Waals surface area contributed by atoms with E-state index >= 15 is 0 Å². The molecule has 0 radical (unpaired) electrons. The minimum Gasteiger partial charge on any atom is -0.383 e. The molecule has 6 heteroatoms. The van der Waals surface area contributed by atoms with Gasteiger partial charge in [0.2, 0.25) is 5.91 Å². The molecule has 3 nitrogen and oxygen atoms in total. The van der Waals surface area contributed by atoms with E-state index in [1.54, 1.807) is 26.2 Å². The van der Waals surface area contributed by atoms with E-state index < -0.39 is 0 Å². The van der Waals surface area contributed by atoms with Crippen molar-refractivity contribution in [3.05, 3.63) is 27.2 Å². The molecule has 17 heavy (non-hydrogen) atoms. The predicted octanol–water partition coefficient (Wildman–Crippen LogP) is 3.54. The van der Waals surface area contributed by atoms with Crippen LogP contribution in [0.2, 0.25) is 15.1 Å². The van der Waals surface area contributed by atoms with Crippen LogP contribution in [0.3, 0.4) is 0 Å². The zero-order valence-electron chi connectivity index (χ0n) is 9.56. The number of anilines is 1. The zero-order chi connectivity index (χ0) is 13.0. The summed E-state index contributed by atoms with van der Waals surface area (Å²) in [7, 11) is 3.43. The normalized spacial score (nSPS) is 10.2. The fraction of sp³-hybridized carbons (Fsp3) is 0.364. The Hall–Kier alpha value is -0.640. The third kappa shape index (κ3) is 4.26. The van der Waals surface area contributed by atoms with Crippen molar-refractivity contribution in [1.82, 2.24) is 4.90 Å². The fourth-order valence-corrected chi connectivity index (χ4v) is 1.80. The SMILES string of the molecule is CN(C)C(=O)CCNc1cc(Cl)c(Cl)cc1Cl. The van der Waals surface area contributed by atoms with Crippen LogP contribution in [0.5, 0.6) is 0 Å². The van der Waals surface area contributed by atoms with Crippen molar-refractivity contribution in [2.24, 2.45) is 0 Å². The molecule has 1 aromatic carbocycles. The number of rotatable bonds is 4. The summed E-state index contributed by atoms with van der Waals surface area (Å²) in [5.74, 6) is 0.0497. The monoisotopic (exact) mass is 294 g/mol. The highest BCUT2D eigenvalue weighted by Gasteiger charge is 2.07. The number of carbonyl (C=O) groups excluding carboxylic acids is 1. The van der Waals surface area contributed by atoms with E-state index in [4.69, 9.17) is 34.8 Å². The van der Waals surface area contributed by atoms with Gasteiger partial charge in [0.25, 0.3) is 0 Å². The molecule has 0 atom stereocenters. The maximum atomic E-state index is 11.3. The van der Waals surface area contributed by atoms with Gasteiger partial charge in [-0.2, -0.15) is 0 Å². The highest BCUT2D eigenvalue weighted by atomic mass is 35.5. The molecule has 1 amide bonds. The molecule has 0 bridgehead atoms. The average Bonchev–Trinajstić information content (AvgIpc) is 2.25. The van der Waals surface area contributed by atoms with Crippen molar-refractivity contribution in [3.8, 4) is 0 Å². The third-order valence-corrected chi connectivity index (χ3v) is 3.20. The van der Waals surface area contributed by atoms with Gasteiger partial charge < -0.3 is 10.2 Å². The molecule has 1 N–H and O–H groups in total. The lowest BCUT2D eigenvalue weighted by Crippen LogP contribution is -2.23. The Morgan fingerprint density at radius 1 is 1.18 bits per heavy atom. The molecule has 0 aromatic heterocycles. The largest absolute Gasteiger partial charge is 0.383 e. The van der Waals surface area contributed by atoms with E-state index in [0.29, 0.717) is 33.7 Å². The minimum atomic E-state index is 0.0497. The molecule has 0 saturated heterocycles. The number of nitrogens with zero attached hydrogens (tertiary/aromatic N) is 1. The second-order valence-electron chi connectivity index (χ2n) is 3.71. The van der Waals surface area contributed by atoms with Crippen molar-refractivity contribution >= 4 is 46.4 Å². The second kappa shape index (κ2) is 6.34. The van der Waals surface area contributed by atoms with Crippen LogP contribution in [0.25, 0.3) is 0 Å². The van der Waals surface area contributed by atoms with E-state index in [1.807, 2.05) is 0 Å². The van der Waals surface area contributed by atoms with E-state index in [1.165, 1.54) is 4.90 Å². The summed E-state index contributed by atoms with van der Waals surface area (Å²) in [5, 5.41) is 4.36. The number of halogens is 3. The molecule has 1 rings (SSSR count). The number of nitrogens with one attached hydrogen (secondary N) is 1. The van der Waals surface area contributed by atoms with Gasteiger partial charge in [-0.3, -0.25) is 4.79 Å². The Bertz CT molecular complexity index is 421. The van der Waals surface area contributed by atoms with Gasteiger partial charge in [0, 0.05) is 27.1 Å². The fourth-order valence-electron chi connectivity index (χ4n) is 1.19. The van der Waals surface area contributed by atoms with Crippen LogP contribution in [0.4, 0.5) is 5.69 Å². The first-order valence-electron chi connectivity index (χ1n) is 5.00. The van der Waals surface area contributed by atoms with Crippen LogP contribution >= 0.6 is 34.8 Å². The van der Waals surface area contributed by atoms with Crippen molar-refractivity contribution in [1.29, 1.82) is 0 Å². The molecule has 0 heterocycles. The van der Waals surface area contributed by atoms with Crippen molar-refractivity contribution in [2.75, 3.05) is 26.0 Å². The molecule has 0 unspecified atom stereocenters. The maximum Gasteiger partial charge on any atom is 0.223 e. The summed E-state index contributed by atoms with van der Waals surface area (Å²) in [6.45, 7) is 0.495. The number of hydrogen-bond donors (Lipinski definition) is 1. The number of amides is 1. The topological polar surface area (TPSA) is 32.3 Å². The number of carbonyl (C=O) groups is 1. The lowest BCUT2D eigenvalue weighted by Gasteiger charge is -2.12. The first-order valence-corrected chi connectivity index (χ1v) is 6.13. The Balaban J connectivity index is 2.58. The van der Waals surface area contributed by atoms with E-state index in [2.05, 4.69) is 5.32 Å². The van der Waals surface area contributed by atoms with Gasteiger partial charge in [0.05, 0.1) is 20.8 Å². The van der Waals surface area contributed by atoms with Gasteiger partial charge in [-0.05, 0) is 12.1 Å². The van der Waals surface area contributed by atoms with E-state index in [0.717, 1.165) is 0 Å². The highest BCUT2D eigenvalue weighted by Crippen LogP contribution is 2.32. The van der Waals surface area contributed by atoms with Crippen molar-refractivity contribution in [2.45, 2.75) is 6.42 Å². The molecule has 0 aliphatic carbocycles. The molecule has 0 aliphatic heterocycles. The molecule has 0 spiro atoms. The van der Waals surface area contributed by atoms with Crippen LogP contribution in [-0.4, -0.2) is 31.4 Å². The molecular weight excluding hydrogens is 282 g/mol. The lowest BCUT2D eigenvalue weighted by molar-refractivity contribution is -0.128. The molecule has 0 aliphatic rings. The lowest BCUT2D eigenvalue weighted by atomic mass is 10.3. The van der Waals surface area contributed by atoms with E-state index in [9.17, 15) is 4.79 Å². The van der Waals surface area contributed by atoms with Gasteiger partial charge in [-0.25, -0.2) is 0 Å². The van der Waals surface area contributed by atoms with E-state index in [-0.39, 0.29) is 5.91 Å². The zero-order valence-corrected chi connectivity index (χ0v) is 11.8. The van der Waals surface area contributed by atoms with Gasteiger partial charge in [0.15, 0.2) is 0 Å². The Labute approximate surface area is 116 Å². The van der Waals surface area contributed by atoms with Crippen LogP contribution in [0.1, 0.15) is 6.42 Å². The first kappa shape index (κ1) is 14.4. The Morgan fingerprint density at radius 3 is 2.35 bits per heavy atom. The van der Waals surface area contributed by atoms with Crippen molar-refractivity contribution < 1.29 is 4.79 Å². The van der Waals surface area contributed by atoms with Crippen molar-refractivity contribution in [3.63, 3.8) is 0 Å². The highest BCUT2D eigenvalue weighted by molar-refractivity contribution is 6.44. The standard InChI is InChI=1S/C11H13Cl3N2O/c1-16(2)11(17)3-4-15-10-6-8(13)7(12)5-9(10)14/h5-6,15H,3-4H2,1-2H3. The maximum absolute atomic E-state index is 11.3. The third-order valence-electron chi connectivity index (χ3n) is 2.16. The second-order valence-corrected chi connectivity index (χ2v) is 4.93. The summed E-state index contributed by atoms with van der Waals surface area (Å²) in [4.78, 5) is 12.9. The molecule has 0 saturated carbocycles. The quantitative estimate of drug-likeness (QED) is 0.862. The number of hydrogen-bond acceptors (Lipinski definition) is 2. The predicted molar refractivity (Wildman–Crippen MR) is 73.3 cm³/mol. The van der Waals surface area contributed by atoms with Gasteiger partial charge in [0.1, 0.15) is 0 Å². The van der Waals surface area contributed by atoms with Crippen LogP contribution in [0.15, 0.2) is 12.1 Å². The van der Waals surface area contributed by atoms with Crippen LogP contribution < -0.4 is 5.32 Å². The molecule has 94 valence electrons. The molecule has 0 fully saturated rings. The Morgan fingerprint density at radius 2 is 1.76 bits per heavy atom. The number of benzene rings is 1. The molecular formula is C11H13Cl3N2O. The summed E-state index contributed by atoms with van der Waals surface area (Å²) >= 11 is 17.7. The Kier molecular flexibility index (Phi) is 5.37. The minimum absolute atomic E-state index is 0.0497. The summed E-state index contributed by atoms with van der Waals surface area (Å²) in [6.07, 6.45) is 0.392. The van der Waals surface area contributed by atoms with Crippen LogP contribution in [-0.2, 0) is 4.79 Å². The van der Waals surface area contributed by atoms with Gasteiger partial charge >= 0.3 is 0 Å². The van der Waals surface area contributed by atoms with Crippen LogP contribution in [0, 0.1) is 0 Å².